The first kappa shape index (κ1) is 21.9. The third-order valence-electron chi connectivity index (χ3n) is 5.21. The van der Waals surface area contributed by atoms with Crippen molar-refractivity contribution < 1.29 is 23.5 Å². The predicted molar refractivity (Wildman–Crippen MR) is 124 cm³/mol. The van der Waals surface area contributed by atoms with Gasteiger partial charge in [0.05, 0.1) is 19.1 Å². The van der Waals surface area contributed by atoms with Gasteiger partial charge in [0.2, 0.25) is 5.91 Å². The zero-order chi connectivity index (χ0) is 23.2. The third kappa shape index (κ3) is 5.32. The SMILES string of the molecule is COc1cc(NC(=O)NCc2ccc(NC(=O)c3ccco3)cc2)ccc1N1CCCC1=O. The number of rotatable bonds is 7. The minimum absolute atomic E-state index is 0.0679. The predicted octanol–water partition coefficient (Wildman–Crippen LogP) is 3.99. The highest BCUT2D eigenvalue weighted by Gasteiger charge is 2.24. The molecule has 9 heteroatoms. The zero-order valence-electron chi connectivity index (χ0n) is 18.1. The molecule has 0 atom stereocenters. The van der Waals surface area contributed by atoms with Crippen molar-refractivity contribution in [3.63, 3.8) is 0 Å². The molecular formula is C24H24N4O5. The van der Waals surface area contributed by atoms with Gasteiger partial charge in [-0.15, -0.1) is 0 Å². The normalized spacial score (nSPS) is 13.0. The largest absolute Gasteiger partial charge is 0.494 e. The van der Waals surface area contributed by atoms with Crippen molar-refractivity contribution in [2.24, 2.45) is 0 Å². The van der Waals surface area contributed by atoms with Gasteiger partial charge >= 0.3 is 6.03 Å². The van der Waals surface area contributed by atoms with E-state index in [1.807, 2.05) is 12.1 Å². The molecule has 2 aromatic carbocycles. The topological polar surface area (TPSA) is 113 Å². The van der Waals surface area contributed by atoms with Crippen LogP contribution in [-0.2, 0) is 11.3 Å². The lowest BCUT2D eigenvalue weighted by Gasteiger charge is -2.19. The van der Waals surface area contributed by atoms with Gasteiger partial charge in [0.1, 0.15) is 5.75 Å². The van der Waals surface area contributed by atoms with Crippen molar-refractivity contribution in [3.8, 4) is 5.75 Å². The maximum absolute atomic E-state index is 12.3. The Balaban J connectivity index is 1.30. The highest BCUT2D eigenvalue weighted by molar-refractivity contribution is 6.02. The Labute approximate surface area is 190 Å². The maximum Gasteiger partial charge on any atom is 0.319 e. The van der Waals surface area contributed by atoms with Crippen molar-refractivity contribution in [2.75, 3.05) is 29.2 Å². The number of furan rings is 1. The summed E-state index contributed by atoms with van der Waals surface area (Å²) >= 11 is 0. The molecule has 4 rings (SSSR count). The van der Waals surface area contributed by atoms with Gasteiger partial charge in [0.25, 0.3) is 5.91 Å². The molecule has 2 heterocycles. The number of benzene rings is 2. The molecule has 1 saturated heterocycles. The van der Waals surface area contributed by atoms with Gasteiger partial charge in [0.15, 0.2) is 5.76 Å². The van der Waals surface area contributed by atoms with E-state index in [0.29, 0.717) is 42.3 Å². The number of amides is 4. The average molecular weight is 448 g/mol. The highest BCUT2D eigenvalue weighted by Crippen LogP contribution is 2.33. The minimum atomic E-state index is -0.378. The molecule has 0 radical (unpaired) electrons. The van der Waals surface area contributed by atoms with Gasteiger partial charge in [-0.25, -0.2) is 4.79 Å². The summed E-state index contributed by atoms with van der Waals surface area (Å²) in [5.74, 6) is 0.489. The monoisotopic (exact) mass is 448 g/mol. The highest BCUT2D eigenvalue weighted by atomic mass is 16.5. The van der Waals surface area contributed by atoms with Crippen LogP contribution in [0.25, 0.3) is 0 Å². The molecule has 170 valence electrons. The molecule has 0 bridgehead atoms. The Morgan fingerprint density at radius 3 is 2.52 bits per heavy atom. The van der Waals surface area contributed by atoms with Crippen molar-refractivity contribution in [1.82, 2.24) is 5.32 Å². The maximum atomic E-state index is 12.3. The average Bonchev–Trinajstić information content (AvgIpc) is 3.51. The van der Waals surface area contributed by atoms with E-state index in [1.54, 1.807) is 47.4 Å². The van der Waals surface area contributed by atoms with Gasteiger partial charge in [-0.1, -0.05) is 12.1 Å². The fourth-order valence-electron chi connectivity index (χ4n) is 3.55. The van der Waals surface area contributed by atoms with Crippen LogP contribution in [0.5, 0.6) is 5.75 Å². The summed E-state index contributed by atoms with van der Waals surface area (Å²) in [6, 6.07) is 15.2. The van der Waals surface area contributed by atoms with E-state index >= 15 is 0 Å². The lowest BCUT2D eigenvalue weighted by Crippen LogP contribution is -2.28. The van der Waals surface area contributed by atoms with Gasteiger partial charge in [-0.05, 0) is 48.4 Å². The fourth-order valence-corrected chi connectivity index (χ4v) is 3.55. The molecule has 4 amide bonds. The number of hydrogen-bond donors (Lipinski definition) is 3. The van der Waals surface area contributed by atoms with E-state index in [2.05, 4.69) is 16.0 Å². The molecule has 0 saturated carbocycles. The molecule has 1 aromatic heterocycles. The number of hydrogen-bond acceptors (Lipinski definition) is 5. The van der Waals surface area contributed by atoms with Crippen LogP contribution in [0.1, 0.15) is 29.0 Å². The van der Waals surface area contributed by atoms with Crippen molar-refractivity contribution in [1.29, 1.82) is 0 Å². The second-order valence-electron chi connectivity index (χ2n) is 7.47. The van der Waals surface area contributed by atoms with Crippen molar-refractivity contribution >= 4 is 34.9 Å². The number of urea groups is 1. The summed E-state index contributed by atoms with van der Waals surface area (Å²) in [6.45, 7) is 0.962. The van der Waals surface area contributed by atoms with Crippen molar-refractivity contribution in [3.05, 3.63) is 72.2 Å². The first-order chi connectivity index (χ1) is 16.0. The van der Waals surface area contributed by atoms with Crippen molar-refractivity contribution in [2.45, 2.75) is 19.4 Å². The number of carbonyl (C=O) groups excluding carboxylic acids is 3. The number of nitrogens with zero attached hydrogens (tertiary/aromatic N) is 1. The van der Waals surface area contributed by atoms with Gasteiger partial charge in [0, 0.05) is 37.0 Å². The number of anilines is 3. The fraction of sp³-hybridized carbons (Fsp3) is 0.208. The molecule has 0 spiro atoms. The van der Waals surface area contributed by atoms with Crippen LogP contribution in [0.15, 0.2) is 65.3 Å². The summed E-state index contributed by atoms with van der Waals surface area (Å²) in [4.78, 5) is 38.1. The molecule has 3 N–H and O–H groups in total. The number of nitrogens with one attached hydrogen (secondary N) is 3. The third-order valence-corrected chi connectivity index (χ3v) is 5.21. The van der Waals surface area contributed by atoms with Gasteiger partial charge < -0.3 is 30.0 Å². The second-order valence-corrected chi connectivity index (χ2v) is 7.47. The Morgan fingerprint density at radius 1 is 1.06 bits per heavy atom. The van der Waals surface area contributed by atoms with Crippen LogP contribution in [0, 0.1) is 0 Å². The first-order valence-electron chi connectivity index (χ1n) is 10.5. The Morgan fingerprint density at radius 2 is 1.85 bits per heavy atom. The summed E-state index contributed by atoms with van der Waals surface area (Å²) < 4.78 is 10.5. The number of methoxy groups -OCH3 is 1. The molecule has 1 fully saturated rings. The van der Waals surface area contributed by atoms with Crippen LogP contribution in [-0.4, -0.2) is 31.5 Å². The molecule has 33 heavy (non-hydrogen) atoms. The number of carbonyl (C=O) groups is 3. The lowest BCUT2D eigenvalue weighted by atomic mass is 10.2. The number of ether oxygens (including phenoxy) is 1. The van der Waals surface area contributed by atoms with Crippen LogP contribution in [0.4, 0.5) is 21.9 Å². The lowest BCUT2D eigenvalue weighted by molar-refractivity contribution is -0.117. The Bertz CT molecular complexity index is 1140. The quantitative estimate of drug-likeness (QED) is 0.506. The van der Waals surface area contributed by atoms with E-state index in [4.69, 9.17) is 9.15 Å². The Hall–Kier alpha value is -4.27. The summed E-state index contributed by atoms with van der Waals surface area (Å²) in [6.07, 6.45) is 2.79. The van der Waals surface area contributed by atoms with E-state index in [-0.39, 0.29) is 23.6 Å². The molecule has 0 unspecified atom stereocenters. The molecular weight excluding hydrogens is 424 g/mol. The molecule has 1 aliphatic rings. The van der Waals surface area contributed by atoms with E-state index in [0.717, 1.165) is 12.0 Å². The molecule has 0 aliphatic carbocycles. The molecule has 9 nitrogen and oxygen atoms in total. The Kier molecular flexibility index (Phi) is 6.58. The first-order valence-corrected chi connectivity index (χ1v) is 10.5. The van der Waals surface area contributed by atoms with Crippen LogP contribution in [0.2, 0.25) is 0 Å². The summed E-state index contributed by atoms with van der Waals surface area (Å²) in [7, 11) is 1.53. The van der Waals surface area contributed by atoms with Crippen LogP contribution < -0.4 is 25.6 Å². The zero-order valence-corrected chi connectivity index (χ0v) is 18.1. The van der Waals surface area contributed by atoms with Crippen LogP contribution in [0.3, 0.4) is 0 Å². The summed E-state index contributed by atoms with van der Waals surface area (Å²) in [5.41, 5.74) is 2.73. The van der Waals surface area contributed by atoms with Crippen LogP contribution >= 0.6 is 0 Å². The standard InChI is InChI=1S/C24H24N4O5/c1-32-21-14-18(10-11-19(21)28-12-2-5-22(28)29)27-24(31)25-15-16-6-8-17(9-7-16)26-23(30)20-4-3-13-33-20/h3-4,6-11,13-14H,2,5,12,15H2,1H3,(H,26,30)(H2,25,27,31). The molecule has 1 aliphatic heterocycles. The minimum Gasteiger partial charge on any atom is -0.494 e. The van der Waals surface area contributed by atoms with Gasteiger partial charge in [-0.2, -0.15) is 0 Å². The van der Waals surface area contributed by atoms with E-state index < -0.39 is 0 Å². The second kappa shape index (κ2) is 9.90. The van der Waals surface area contributed by atoms with E-state index in [9.17, 15) is 14.4 Å². The van der Waals surface area contributed by atoms with Gasteiger partial charge in [-0.3, -0.25) is 9.59 Å². The molecule has 3 aromatic rings. The van der Waals surface area contributed by atoms with E-state index in [1.165, 1.54) is 13.4 Å². The summed E-state index contributed by atoms with van der Waals surface area (Å²) in [5, 5.41) is 8.29. The smallest absolute Gasteiger partial charge is 0.319 e.